The summed E-state index contributed by atoms with van der Waals surface area (Å²) in [7, 11) is 1.71. The van der Waals surface area contributed by atoms with Gasteiger partial charge in [0.25, 0.3) is 0 Å². The van der Waals surface area contributed by atoms with E-state index in [1.165, 1.54) is 37.3 Å². The molecule has 176 valence electrons. The minimum Gasteiger partial charge on any atom is -0.399 e. The van der Waals surface area contributed by atoms with Crippen molar-refractivity contribution in [1.82, 2.24) is 0 Å². The molecule has 8 heteroatoms. The van der Waals surface area contributed by atoms with Gasteiger partial charge in [-0.15, -0.1) is 13.2 Å². The maximum absolute atomic E-state index is 13.9. The molecule has 0 saturated heterocycles. The van der Waals surface area contributed by atoms with Crippen molar-refractivity contribution in [3.63, 3.8) is 0 Å². The number of hydrogen-bond acceptors (Lipinski definition) is 2. The number of rotatable bonds is 9. The van der Waals surface area contributed by atoms with Crippen LogP contribution >= 0.6 is 0 Å². The second kappa shape index (κ2) is 11.3. The van der Waals surface area contributed by atoms with Crippen LogP contribution < -0.4 is 4.74 Å². The smallest absolute Gasteiger partial charge is 0.399 e. The normalized spacial score (nSPS) is 19.6. The summed E-state index contributed by atoms with van der Waals surface area (Å²) in [6, 6.07) is 11.4. The van der Waals surface area contributed by atoms with Gasteiger partial charge in [0.1, 0.15) is 0 Å². The van der Waals surface area contributed by atoms with Gasteiger partial charge in [0.2, 0.25) is 5.75 Å². The largest absolute Gasteiger partial charge is 0.573 e. The Morgan fingerprint density at radius 3 is 2.06 bits per heavy atom. The van der Waals surface area contributed by atoms with Crippen molar-refractivity contribution in [1.29, 1.82) is 0 Å². The van der Waals surface area contributed by atoms with Crippen molar-refractivity contribution in [2.24, 2.45) is 0 Å². The quantitative estimate of drug-likeness (QED) is 0.241. The zero-order valence-electron chi connectivity index (χ0n) is 18.2. The molecule has 1 saturated carbocycles. The van der Waals surface area contributed by atoms with Crippen molar-refractivity contribution in [2.75, 3.05) is 13.7 Å². The molecular weight excluding hydrogens is 443 g/mol. The molecule has 0 bridgehead atoms. The fourth-order valence-electron chi connectivity index (χ4n) is 4.52. The molecule has 1 aliphatic carbocycles. The summed E-state index contributed by atoms with van der Waals surface area (Å²) >= 11 is 0. The lowest BCUT2D eigenvalue weighted by atomic mass is 9.83. The van der Waals surface area contributed by atoms with Crippen LogP contribution in [-0.2, 0) is 17.6 Å². The number of aryl methyl sites for hydroxylation is 2. The van der Waals surface area contributed by atoms with Crippen LogP contribution in [0.1, 0.15) is 48.3 Å². The monoisotopic (exact) mass is 472 g/mol. The molecule has 1 fully saturated rings. The topological polar surface area (TPSA) is 18.5 Å². The molecule has 2 aromatic rings. The van der Waals surface area contributed by atoms with Gasteiger partial charge in [0.05, 0.1) is 0 Å². The highest BCUT2D eigenvalue weighted by atomic mass is 28.2. The Hall–Kier alpha value is -1.93. The Bertz CT molecular complexity index is 839. The van der Waals surface area contributed by atoms with E-state index in [0.29, 0.717) is 18.8 Å². The first kappa shape index (κ1) is 24.7. The summed E-state index contributed by atoms with van der Waals surface area (Å²) < 4.78 is 73.1. The van der Waals surface area contributed by atoms with E-state index in [-0.39, 0.29) is 15.1 Å². The molecule has 2 nitrogen and oxygen atoms in total. The van der Waals surface area contributed by atoms with Crippen LogP contribution in [0.3, 0.4) is 0 Å². The van der Waals surface area contributed by atoms with Crippen LogP contribution in [0.15, 0.2) is 36.4 Å². The van der Waals surface area contributed by atoms with E-state index in [1.807, 2.05) is 12.1 Å². The van der Waals surface area contributed by atoms with Crippen molar-refractivity contribution < 1.29 is 31.4 Å². The Labute approximate surface area is 187 Å². The minimum absolute atomic E-state index is 0.0462. The van der Waals surface area contributed by atoms with Gasteiger partial charge in [-0.3, -0.25) is 0 Å². The molecule has 0 heterocycles. The third-order valence-corrected chi connectivity index (χ3v) is 8.57. The molecule has 0 spiro atoms. The summed E-state index contributed by atoms with van der Waals surface area (Å²) in [5.41, 5.74) is 3.56. The van der Waals surface area contributed by atoms with E-state index >= 15 is 0 Å². The summed E-state index contributed by atoms with van der Waals surface area (Å²) in [4.78, 5) is 0. The average Bonchev–Trinajstić information content (AvgIpc) is 2.75. The van der Waals surface area contributed by atoms with Crippen molar-refractivity contribution >= 4 is 9.52 Å². The van der Waals surface area contributed by atoms with E-state index in [9.17, 15) is 22.0 Å². The van der Waals surface area contributed by atoms with Crippen LogP contribution in [0.5, 0.6) is 5.75 Å². The van der Waals surface area contributed by atoms with Crippen LogP contribution in [-0.4, -0.2) is 29.6 Å². The molecule has 0 unspecified atom stereocenters. The Morgan fingerprint density at radius 2 is 1.50 bits per heavy atom. The number of methoxy groups -OCH3 is 1. The molecule has 0 aliphatic heterocycles. The fourth-order valence-corrected chi connectivity index (χ4v) is 6.60. The Morgan fingerprint density at radius 1 is 0.906 bits per heavy atom. The number of hydrogen-bond donors (Lipinski definition) is 0. The van der Waals surface area contributed by atoms with Gasteiger partial charge in [0, 0.05) is 23.2 Å². The maximum Gasteiger partial charge on any atom is 0.573 e. The van der Waals surface area contributed by atoms with Crippen LogP contribution in [0, 0.1) is 11.6 Å². The summed E-state index contributed by atoms with van der Waals surface area (Å²) in [5.74, 6) is -3.54. The number of halogens is 5. The molecule has 32 heavy (non-hydrogen) atoms. The van der Waals surface area contributed by atoms with E-state index in [2.05, 4.69) is 16.9 Å². The van der Waals surface area contributed by atoms with Crippen molar-refractivity contribution in [3.8, 4) is 5.75 Å². The second-order valence-corrected chi connectivity index (χ2v) is 11.0. The average molecular weight is 473 g/mol. The third-order valence-electron chi connectivity index (χ3n) is 6.24. The van der Waals surface area contributed by atoms with Gasteiger partial charge < -0.3 is 9.47 Å². The summed E-state index contributed by atoms with van der Waals surface area (Å²) in [5, 5.41) is 0. The van der Waals surface area contributed by atoms with Crippen LogP contribution in [0.25, 0.3) is 0 Å². The van der Waals surface area contributed by atoms with E-state index < -0.39 is 23.7 Å². The third kappa shape index (κ3) is 7.30. The lowest BCUT2D eigenvalue weighted by Crippen LogP contribution is -2.19. The van der Waals surface area contributed by atoms with Crippen molar-refractivity contribution in [2.45, 2.75) is 62.4 Å². The summed E-state index contributed by atoms with van der Waals surface area (Å²) in [6.45, 7) is 0.887. The lowest BCUT2D eigenvalue weighted by Gasteiger charge is -2.28. The van der Waals surface area contributed by atoms with Gasteiger partial charge in [0.15, 0.2) is 11.6 Å². The van der Waals surface area contributed by atoms with Gasteiger partial charge in [-0.1, -0.05) is 42.6 Å². The molecular formula is C24H29F5O2Si. The highest BCUT2D eigenvalue weighted by molar-refractivity contribution is 6.37. The van der Waals surface area contributed by atoms with E-state index in [0.717, 1.165) is 29.8 Å². The second-order valence-electron chi connectivity index (χ2n) is 8.53. The molecule has 0 aromatic heterocycles. The molecule has 3 rings (SSSR count). The highest BCUT2D eigenvalue weighted by Gasteiger charge is 2.34. The zero-order chi connectivity index (χ0) is 23.1. The number of benzene rings is 2. The van der Waals surface area contributed by atoms with Gasteiger partial charge in [-0.2, -0.15) is 0 Å². The Balaban J connectivity index is 1.51. The number of ether oxygens (including phenoxy) is 2. The van der Waals surface area contributed by atoms with Gasteiger partial charge >= 0.3 is 6.36 Å². The standard InChI is InChI=1S/C24H29F5O2Si/c1-30-12-13-32-20-10-8-19(9-11-20)18-6-4-16(5-7-18)2-3-17-14-21(25)23(22(26)15-17)31-24(27,28)29/h4-7,14-15,19-20H,2-3,8-13,32H2,1H3. The molecule has 0 atom stereocenters. The molecule has 1 aliphatic rings. The maximum atomic E-state index is 13.9. The van der Waals surface area contributed by atoms with Crippen LogP contribution in [0.4, 0.5) is 22.0 Å². The van der Waals surface area contributed by atoms with Gasteiger partial charge in [-0.05, 0) is 66.5 Å². The molecule has 0 N–H and O–H groups in total. The lowest BCUT2D eigenvalue weighted by molar-refractivity contribution is -0.276. The number of alkyl halides is 3. The molecule has 0 amide bonds. The minimum atomic E-state index is -5.14. The predicted molar refractivity (Wildman–Crippen MR) is 117 cm³/mol. The summed E-state index contributed by atoms with van der Waals surface area (Å²) in [6.07, 6.45) is 0.744. The van der Waals surface area contributed by atoms with Crippen LogP contribution in [0.2, 0.25) is 11.6 Å². The molecule has 0 radical (unpaired) electrons. The van der Waals surface area contributed by atoms with E-state index in [1.54, 1.807) is 7.11 Å². The van der Waals surface area contributed by atoms with E-state index in [4.69, 9.17) is 4.74 Å². The Kier molecular flexibility index (Phi) is 8.70. The zero-order valence-corrected chi connectivity index (χ0v) is 19.6. The first-order valence-electron chi connectivity index (χ1n) is 11.1. The predicted octanol–water partition coefficient (Wildman–Crippen LogP) is 6.33. The first-order chi connectivity index (χ1) is 15.2. The SMILES string of the molecule is COCC[SiH2]C1CCC(c2ccc(CCc3cc(F)c(OC(F)(F)F)c(F)c3)cc2)CC1. The first-order valence-corrected chi connectivity index (χ1v) is 12.9. The van der Waals surface area contributed by atoms with Gasteiger partial charge in [-0.25, -0.2) is 8.78 Å². The molecule has 2 aromatic carbocycles. The fraction of sp³-hybridized carbons (Fsp3) is 0.500. The highest BCUT2D eigenvalue weighted by Crippen LogP contribution is 2.38. The van der Waals surface area contributed by atoms with Crippen molar-refractivity contribution in [3.05, 3.63) is 64.7 Å².